The first-order chi connectivity index (χ1) is 17.4. The number of anilines is 2. The van der Waals surface area contributed by atoms with Crippen molar-refractivity contribution < 1.29 is 0 Å². The van der Waals surface area contributed by atoms with Gasteiger partial charge >= 0.3 is 0 Å². The van der Waals surface area contributed by atoms with E-state index in [1.807, 2.05) is 0 Å². The average Bonchev–Trinajstić information content (AvgIpc) is 2.93. The van der Waals surface area contributed by atoms with Gasteiger partial charge in [0.1, 0.15) is 0 Å². The molecule has 2 aliphatic heterocycles. The molecular formula is C31H49ClN4. The lowest BCUT2D eigenvalue weighted by molar-refractivity contribution is 0.251. The summed E-state index contributed by atoms with van der Waals surface area (Å²) in [6.07, 6.45) is 12.7. The Balaban J connectivity index is 0.00000361. The van der Waals surface area contributed by atoms with Crippen LogP contribution in [0.4, 0.5) is 11.4 Å². The van der Waals surface area contributed by atoms with E-state index in [9.17, 15) is 0 Å². The summed E-state index contributed by atoms with van der Waals surface area (Å²) in [5.74, 6) is 0. The number of benzene rings is 2. The van der Waals surface area contributed by atoms with Crippen LogP contribution in [0.3, 0.4) is 0 Å². The zero-order chi connectivity index (χ0) is 24.0. The SMILES string of the molecule is Cl.c1ccc(N2CCN(CCCCCCCCCCCN3CCN(c4ccccc4)CC3)CC2)cc1. The van der Waals surface area contributed by atoms with Crippen LogP contribution in [0, 0.1) is 0 Å². The fourth-order valence-electron chi connectivity index (χ4n) is 5.65. The van der Waals surface area contributed by atoms with Gasteiger partial charge in [0.05, 0.1) is 0 Å². The Morgan fingerprint density at radius 3 is 1.03 bits per heavy atom. The molecule has 0 radical (unpaired) electrons. The molecule has 2 fully saturated rings. The normalized spacial score (nSPS) is 17.2. The Bertz CT molecular complexity index is 719. The summed E-state index contributed by atoms with van der Waals surface area (Å²) in [4.78, 5) is 10.4. The second kappa shape index (κ2) is 16.9. The largest absolute Gasteiger partial charge is 0.369 e. The number of hydrogen-bond donors (Lipinski definition) is 0. The van der Waals surface area contributed by atoms with Gasteiger partial charge in [-0.3, -0.25) is 9.80 Å². The number of halogens is 1. The minimum Gasteiger partial charge on any atom is -0.369 e. The van der Waals surface area contributed by atoms with Crippen molar-refractivity contribution in [3.05, 3.63) is 60.7 Å². The maximum atomic E-state index is 2.67. The van der Waals surface area contributed by atoms with Crippen LogP contribution in [-0.4, -0.2) is 75.2 Å². The Morgan fingerprint density at radius 1 is 0.389 bits per heavy atom. The fourth-order valence-corrected chi connectivity index (χ4v) is 5.65. The second-order valence-electron chi connectivity index (χ2n) is 10.5. The number of nitrogens with zero attached hydrogens (tertiary/aromatic N) is 4. The van der Waals surface area contributed by atoms with Gasteiger partial charge in [-0.15, -0.1) is 12.4 Å². The summed E-state index contributed by atoms with van der Waals surface area (Å²) >= 11 is 0. The number of rotatable bonds is 14. The number of unbranched alkanes of at least 4 members (excludes halogenated alkanes) is 8. The highest BCUT2D eigenvalue weighted by atomic mass is 35.5. The third kappa shape index (κ3) is 9.95. The lowest BCUT2D eigenvalue weighted by Crippen LogP contribution is -2.46. The van der Waals surface area contributed by atoms with Crippen molar-refractivity contribution in [2.45, 2.75) is 57.8 Å². The summed E-state index contributed by atoms with van der Waals surface area (Å²) in [5.41, 5.74) is 2.77. The smallest absolute Gasteiger partial charge is 0.0367 e. The van der Waals surface area contributed by atoms with Crippen molar-refractivity contribution in [2.24, 2.45) is 0 Å². The highest BCUT2D eigenvalue weighted by Gasteiger charge is 2.17. The predicted octanol–water partition coefficient (Wildman–Crippen LogP) is 6.56. The second-order valence-corrected chi connectivity index (χ2v) is 10.5. The van der Waals surface area contributed by atoms with Crippen LogP contribution in [0.2, 0.25) is 0 Å². The first-order valence-electron chi connectivity index (χ1n) is 14.4. The molecule has 200 valence electrons. The quantitative estimate of drug-likeness (QED) is 0.265. The fraction of sp³-hybridized carbons (Fsp3) is 0.613. The van der Waals surface area contributed by atoms with Gasteiger partial charge in [-0.1, -0.05) is 81.3 Å². The minimum absolute atomic E-state index is 0. The molecule has 0 bridgehead atoms. The van der Waals surface area contributed by atoms with Gasteiger partial charge in [0, 0.05) is 63.7 Å². The van der Waals surface area contributed by atoms with Crippen molar-refractivity contribution in [3.63, 3.8) is 0 Å². The standard InChI is InChI=1S/C31H48N4.ClH/c1(2-4-6-14-20-32-22-26-34(27-23-32)30-16-10-8-11-17-30)3-5-7-15-21-33-24-28-35(29-25-33)31-18-12-9-13-19-31;/h8-13,16-19H,1-7,14-15,20-29H2;1H. The van der Waals surface area contributed by atoms with Crippen molar-refractivity contribution in [2.75, 3.05) is 75.2 Å². The summed E-state index contributed by atoms with van der Waals surface area (Å²) in [5, 5.41) is 0. The van der Waals surface area contributed by atoms with Crippen molar-refractivity contribution in [1.82, 2.24) is 9.80 Å². The molecule has 0 unspecified atom stereocenters. The molecule has 0 aromatic heterocycles. The molecule has 0 aliphatic carbocycles. The zero-order valence-electron chi connectivity index (χ0n) is 22.4. The molecule has 2 aromatic carbocycles. The van der Waals surface area contributed by atoms with Crippen molar-refractivity contribution >= 4 is 23.8 Å². The van der Waals surface area contributed by atoms with E-state index in [2.05, 4.69) is 80.3 Å². The predicted molar refractivity (Wildman–Crippen MR) is 159 cm³/mol. The van der Waals surface area contributed by atoms with Gasteiger partial charge in [0.15, 0.2) is 0 Å². The topological polar surface area (TPSA) is 13.0 Å². The average molecular weight is 513 g/mol. The molecule has 2 heterocycles. The van der Waals surface area contributed by atoms with Gasteiger partial charge in [-0.25, -0.2) is 0 Å². The summed E-state index contributed by atoms with van der Waals surface area (Å²) in [6.45, 7) is 12.2. The lowest BCUT2D eigenvalue weighted by atomic mass is 10.1. The lowest BCUT2D eigenvalue weighted by Gasteiger charge is -2.36. The highest BCUT2D eigenvalue weighted by Crippen LogP contribution is 2.18. The maximum absolute atomic E-state index is 2.67. The maximum Gasteiger partial charge on any atom is 0.0367 e. The van der Waals surface area contributed by atoms with Gasteiger partial charge in [0.25, 0.3) is 0 Å². The van der Waals surface area contributed by atoms with Crippen LogP contribution in [0.25, 0.3) is 0 Å². The van der Waals surface area contributed by atoms with E-state index in [4.69, 9.17) is 0 Å². The molecule has 4 nitrogen and oxygen atoms in total. The first-order valence-corrected chi connectivity index (χ1v) is 14.4. The monoisotopic (exact) mass is 512 g/mol. The van der Waals surface area contributed by atoms with E-state index < -0.39 is 0 Å². The minimum atomic E-state index is 0. The third-order valence-corrected chi connectivity index (χ3v) is 7.94. The molecule has 2 aliphatic rings. The number of para-hydroxylation sites is 2. The molecular weight excluding hydrogens is 464 g/mol. The molecule has 0 spiro atoms. The molecule has 0 N–H and O–H groups in total. The van der Waals surface area contributed by atoms with E-state index in [-0.39, 0.29) is 12.4 Å². The Kier molecular flexibility index (Phi) is 13.5. The summed E-state index contributed by atoms with van der Waals surface area (Å²) < 4.78 is 0. The van der Waals surface area contributed by atoms with Gasteiger partial charge in [-0.05, 0) is 50.2 Å². The van der Waals surface area contributed by atoms with Crippen LogP contribution in [-0.2, 0) is 0 Å². The summed E-state index contributed by atoms with van der Waals surface area (Å²) in [6, 6.07) is 21.8. The third-order valence-electron chi connectivity index (χ3n) is 7.94. The van der Waals surface area contributed by atoms with E-state index >= 15 is 0 Å². The van der Waals surface area contributed by atoms with E-state index in [1.54, 1.807) is 0 Å². The van der Waals surface area contributed by atoms with Gasteiger partial charge in [0.2, 0.25) is 0 Å². The van der Waals surface area contributed by atoms with Gasteiger partial charge in [-0.2, -0.15) is 0 Å². The van der Waals surface area contributed by atoms with Crippen LogP contribution in [0.1, 0.15) is 57.8 Å². The molecule has 5 heteroatoms. The van der Waals surface area contributed by atoms with Crippen molar-refractivity contribution in [1.29, 1.82) is 0 Å². The molecule has 0 atom stereocenters. The Hall–Kier alpha value is -1.75. The summed E-state index contributed by atoms with van der Waals surface area (Å²) in [7, 11) is 0. The molecule has 0 amide bonds. The van der Waals surface area contributed by atoms with E-state index in [0.29, 0.717) is 0 Å². The van der Waals surface area contributed by atoms with Crippen molar-refractivity contribution in [3.8, 4) is 0 Å². The van der Waals surface area contributed by atoms with Crippen LogP contribution in [0.5, 0.6) is 0 Å². The highest BCUT2D eigenvalue weighted by molar-refractivity contribution is 5.85. The van der Waals surface area contributed by atoms with E-state index in [1.165, 1.54) is 135 Å². The van der Waals surface area contributed by atoms with Crippen LogP contribution < -0.4 is 9.80 Å². The molecule has 2 aromatic rings. The molecule has 0 saturated carbocycles. The Morgan fingerprint density at radius 2 is 0.694 bits per heavy atom. The molecule has 2 saturated heterocycles. The van der Waals surface area contributed by atoms with Gasteiger partial charge < -0.3 is 9.80 Å². The number of hydrogen-bond acceptors (Lipinski definition) is 4. The van der Waals surface area contributed by atoms with Crippen LogP contribution >= 0.6 is 12.4 Å². The van der Waals surface area contributed by atoms with E-state index in [0.717, 1.165) is 0 Å². The zero-order valence-corrected chi connectivity index (χ0v) is 23.2. The molecule has 4 rings (SSSR count). The first kappa shape index (κ1) is 28.8. The molecule has 36 heavy (non-hydrogen) atoms. The number of piperazine rings is 2. The Labute approximate surface area is 227 Å². The van der Waals surface area contributed by atoms with Crippen LogP contribution in [0.15, 0.2) is 60.7 Å².